The maximum Gasteiger partial charge on any atom is 0.263 e. The van der Waals surface area contributed by atoms with Crippen LogP contribution in [0, 0.1) is 0 Å². The van der Waals surface area contributed by atoms with E-state index >= 15 is 0 Å². The van der Waals surface area contributed by atoms with E-state index in [0.717, 1.165) is 10.4 Å². The molecule has 3 aromatic heterocycles. The molecule has 5 nitrogen and oxygen atoms in total. The fourth-order valence-corrected chi connectivity index (χ4v) is 5.82. The van der Waals surface area contributed by atoms with Crippen LogP contribution >= 0.6 is 57.6 Å². The smallest absolute Gasteiger partial charge is 0.263 e. The molecule has 1 N–H and O–H groups in total. The molecule has 0 fully saturated rings. The number of hydrogen-bond acceptors (Lipinski definition) is 6. The molecule has 1 aromatic carbocycles. The van der Waals surface area contributed by atoms with Crippen LogP contribution in [0.3, 0.4) is 0 Å². The van der Waals surface area contributed by atoms with E-state index in [0.29, 0.717) is 31.1 Å². The average molecular weight is 496 g/mol. The first-order valence-electron chi connectivity index (χ1n) is 8.80. The Morgan fingerprint density at radius 2 is 2.07 bits per heavy atom. The first kappa shape index (κ1) is 21.4. The average Bonchev–Trinajstić information content (AvgIpc) is 3.38. The van der Waals surface area contributed by atoms with Crippen molar-refractivity contribution in [2.24, 2.45) is 7.05 Å². The summed E-state index contributed by atoms with van der Waals surface area (Å²) >= 11 is 16.3. The quantitative estimate of drug-likeness (QED) is 0.266. The molecule has 1 unspecified atom stereocenters. The van der Waals surface area contributed by atoms with E-state index in [4.69, 9.17) is 23.2 Å². The lowest BCUT2D eigenvalue weighted by atomic mass is 10.2. The molecule has 4 aromatic rings. The van der Waals surface area contributed by atoms with Crippen molar-refractivity contribution < 1.29 is 4.79 Å². The van der Waals surface area contributed by atoms with Crippen molar-refractivity contribution >= 4 is 79.4 Å². The molecule has 0 saturated heterocycles. The third kappa shape index (κ3) is 4.15. The molecule has 30 heavy (non-hydrogen) atoms. The van der Waals surface area contributed by atoms with Gasteiger partial charge in [-0.3, -0.25) is 14.2 Å². The molecule has 0 aliphatic rings. The molecule has 0 bridgehead atoms. The highest BCUT2D eigenvalue weighted by molar-refractivity contribution is 8.00. The van der Waals surface area contributed by atoms with Gasteiger partial charge in [-0.1, -0.05) is 41.0 Å². The van der Waals surface area contributed by atoms with Gasteiger partial charge in [0.25, 0.3) is 5.56 Å². The predicted molar refractivity (Wildman–Crippen MR) is 129 cm³/mol. The van der Waals surface area contributed by atoms with Gasteiger partial charge in [0, 0.05) is 27.9 Å². The third-order valence-electron chi connectivity index (χ3n) is 4.40. The molecule has 0 spiro atoms. The van der Waals surface area contributed by atoms with Crippen LogP contribution in [0.5, 0.6) is 0 Å². The number of amides is 1. The zero-order valence-electron chi connectivity index (χ0n) is 15.8. The molecule has 1 amide bonds. The van der Waals surface area contributed by atoms with Crippen molar-refractivity contribution in [3.05, 3.63) is 61.5 Å². The van der Waals surface area contributed by atoms with Gasteiger partial charge >= 0.3 is 0 Å². The van der Waals surface area contributed by atoms with Crippen LogP contribution in [0.4, 0.5) is 5.69 Å². The highest BCUT2D eigenvalue weighted by Crippen LogP contribution is 2.35. The Morgan fingerprint density at radius 3 is 2.80 bits per heavy atom. The van der Waals surface area contributed by atoms with Gasteiger partial charge in [0.2, 0.25) is 5.91 Å². The second-order valence-corrected chi connectivity index (χ2v) is 10.4. The summed E-state index contributed by atoms with van der Waals surface area (Å²) in [6, 6.07) is 8.81. The Morgan fingerprint density at radius 1 is 1.27 bits per heavy atom. The lowest BCUT2D eigenvalue weighted by Gasteiger charge is -2.14. The summed E-state index contributed by atoms with van der Waals surface area (Å²) in [6.07, 6.45) is 0. The number of nitrogens with one attached hydrogen (secondary N) is 1. The molecule has 0 aliphatic heterocycles. The number of thiophene rings is 2. The summed E-state index contributed by atoms with van der Waals surface area (Å²) in [5.41, 5.74) is 1.21. The molecule has 3 heterocycles. The van der Waals surface area contributed by atoms with Crippen molar-refractivity contribution in [2.45, 2.75) is 17.3 Å². The number of carbonyl (C=O) groups is 1. The first-order valence-corrected chi connectivity index (χ1v) is 12.2. The molecule has 0 radical (unpaired) electrons. The van der Waals surface area contributed by atoms with Crippen LogP contribution in [0.2, 0.25) is 10.0 Å². The van der Waals surface area contributed by atoms with E-state index in [2.05, 4.69) is 10.3 Å². The minimum atomic E-state index is -0.507. The summed E-state index contributed by atoms with van der Waals surface area (Å²) in [6.45, 7) is 1.75. The second-order valence-electron chi connectivity index (χ2n) is 6.44. The van der Waals surface area contributed by atoms with E-state index < -0.39 is 5.25 Å². The Kier molecular flexibility index (Phi) is 6.22. The van der Waals surface area contributed by atoms with Gasteiger partial charge in [0.05, 0.1) is 21.3 Å². The van der Waals surface area contributed by atoms with Gasteiger partial charge in [-0.25, -0.2) is 4.98 Å². The highest BCUT2D eigenvalue weighted by atomic mass is 35.5. The van der Waals surface area contributed by atoms with E-state index in [1.807, 2.05) is 22.9 Å². The highest BCUT2D eigenvalue weighted by Gasteiger charge is 2.21. The zero-order valence-corrected chi connectivity index (χ0v) is 19.8. The Labute approximate surface area is 194 Å². The molecular weight excluding hydrogens is 481 g/mol. The van der Waals surface area contributed by atoms with E-state index in [1.165, 1.54) is 27.7 Å². The van der Waals surface area contributed by atoms with Crippen molar-refractivity contribution in [2.75, 3.05) is 5.32 Å². The Bertz CT molecular complexity index is 1300. The molecule has 154 valence electrons. The van der Waals surface area contributed by atoms with Crippen molar-refractivity contribution in [1.82, 2.24) is 9.55 Å². The standard InChI is InChI=1S/C20H15Cl2N3O2S3/c1-10(17(26)23-14-8-11(21)5-6-13(14)22)30-20-24-18-16(19(27)25(20)2)12(9-29-18)15-4-3-7-28-15/h3-10H,1-2H3,(H,23,26). The molecule has 0 saturated carbocycles. The van der Waals surface area contributed by atoms with Crippen LogP contribution in [0.25, 0.3) is 20.7 Å². The van der Waals surface area contributed by atoms with Gasteiger partial charge in [0.1, 0.15) is 4.83 Å². The van der Waals surface area contributed by atoms with Crippen LogP contribution < -0.4 is 10.9 Å². The summed E-state index contributed by atoms with van der Waals surface area (Å²) in [5, 5.41) is 8.17. The normalized spacial score (nSPS) is 12.3. The van der Waals surface area contributed by atoms with Crippen LogP contribution in [0.1, 0.15) is 6.92 Å². The predicted octanol–water partition coefficient (Wildman–Crippen LogP) is 6.15. The van der Waals surface area contributed by atoms with Gasteiger partial charge in [0.15, 0.2) is 5.16 Å². The second kappa shape index (κ2) is 8.72. The minimum Gasteiger partial charge on any atom is -0.324 e. The van der Waals surface area contributed by atoms with Crippen molar-refractivity contribution in [3.63, 3.8) is 0 Å². The monoisotopic (exact) mass is 495 g/mol. The van der Waals surface area contributed by atoms with E-state index in [-0.39, 0.29) is 11.5 Å². The Balaban J connectivity index is 1.60. The minimum absolute atomic E-state index is 0.127. The molecule has 10 heteroatoms. The van der Waals surface area contributed by atoms with Crippen LogP contribution in [-0.2, 0) is 11.8 Å². The number of nitrogens with zero attached hydrogens (tertiary/aromatic N) is 2. The maximum absolute atomic E-state index is 13.0. The topological polar surface area (TPSA) is 64.0 Å². The fraction of sp³-hybridized carbons (Fsp3) is 0.150. The third-order valence-corrected chi connectivity index (χ3v) is 7.88. The molecule has 4 rings (SSSR count). The molecule has 0 aliphatic carbocycles. The lowest BCUT2D eigenvalue weighted by Crippen LogP contribution is -2.25. The fourth-order valence-electron chi connectivity index (χ4n) is 2.81. The van der Waals surface area contributed by atoms with Gasteiger partial charge in [-0.2, -0.15) is 0 Å². The first-order chi connectivity index (χ1) is 14.3. The van der Waals surface area contributed by atoms with Crippen LogP contribution in [0.15, 0.2) is 51.0 Å². The SMILES string of the molecule is CC(Sc1nc2scc(-c3cccs3)c2c(=O)n1C)C(=O)Nc1cc(Cl)ccc1Cl. The number of halogens is 2. The number of carbonyl (C=O) groups excluding carboxylic acids is 1. The zero-order chi connectivity index (χ0) is 21.4. The number of hydrogen-bond donors (Lipinski definition) is 1. The number of rotatable bonds is 5. The summed E-state index contributed by atoms with van der Waals surface area (Å²) in [4.78, 5) is 32.0. The number of anilines is 1. The number of thioether (sulfide) groups is 1. The van der Waals surface area contributed by atoms with Crippen LogP contribution in [-0.4, -0.2) is 20.7 Å². The number of fused-ring (bicyclic) bond motifs is 1. The van der Waals surface area contributed by atoms with Gasteiger partial charge in [-0.05, 0) is 36.6 Å². The number of aromatic nitrogens is 2. The summed E-state index contributed by atoms with van der Waals surface area (Å²) in [5.74, 6) is -0.260. The van der Waals surface area contributed by atoms with Crippen molar-refractivity contribution in [1.29, 1.82) is 0 Å². The summed E-state index contributed by atoms with van der Waals surface area (Å²) < 4.78 is 1.49. The van der Waals surface area contributed by atoms with Gasteiger partial charge in [-0.15, -0.1) is 22.7 Å². The molecule has 1 atom stereocenters. The molecular formula is C20H15Cl2N3O2S3. The summed E-state index contributed by atoms with van der Waals surface area (Å²) in [7, 11) is 1.67. The van der Waals surface area contributed by atoms with Gasteiger partial charge < -0.3 is 5.32 Å². The van der Waals surface area contributed by atoms with E-state index in [9.17, 15) is 9.59 Å². The Hall–Kier alpha value is -1.84. The van der Waals surface area contributed by atoms with E-state index in [1.54, 1.807) is 43.5 Å². The lowest BCUT2D eigenvalue weighted by molar-refractivity contribution is -0.115. The maximum atomic E-state index is 13.0. The van der Waals surface area contributed by atoms with Crippen molar-refractivity contribution in [3.8, 4) is 10.4 Å². The number of benzene rings is 1. The largest absolute Gasteiger partial charge is 0.324 e.